The molecule has 0 saturated heterocycles. The molecule has 2 heteroatoms. The molecule has 0 aliphatic heterocycles. The van der Waals surface area contributed by atoms with Gasteiger partial charge in [0.1, 0.15) is 0 Å². The molecule has 0 unspecified atom stereocenters. The van der Waals surface area contributed by atoms with Crippen molar-refractivity contribution >= 4 is 5.91 Å². The Morgan fingerprint density at radius 1 is 1.00 bits per heavy atom. The number of carbonyl (C=O) groups excluding carboxylic acids is 1. The highest BCUT2D eigenvalue weighted by molar-refractivity contribution is 5.75. The first-order chi connectivity index (χ1) is 16.3. The van der Waals surface area contributed by atoms with Crippen LogP contribution in [0, 0.1) is 11.3 Å². The summed E-state index contributed by atoms with van der Waals surface area (Å²) in [5.74, 6) is 1.52. The number of hydrogen-bond acceptors (Lipinski definition) is 1. The van der Waals surface area contributed by atoms with Crippen molar-refractivity contribution in [1.82, 2.24) is 5.32 Å². The average molecular weight is 468 g/mol. The maximum Gasteiger partial charge on any atom is 0.220 e. The van der Waals surface area contributed by atoms with Crippen molar-refractivity contribution in [1.29, 1.82) is 0 Å². The molecule has 0 radical (unpaired) electrons. The Labute approximate surface area is 211 Å². The smallest absolute Gasteiger partial charge is 0.220 e. The molecule has 34 heavy (non-hydrogen) atoms. The van der Waals surface area contributed by atoms with Gasteiger partial charge in [-0.3, -0.25) is 4.79 Å². The van der Waals surface area contributed by atoms with E-state index in [9.17, 15) is 4.79 Å². The molecule has 1 amide bonds. The van der Waals surface area contributed by atoms with Crippen LogP contribution in [0.3, 0.4) is 0 Å². The van der Waals surface area contributed by atoms with Gasteiger partial charge in [-0.05, 0) is 71.5 Å². The number of unbranched alkanes of at least 4 members (excludes halogenated alkanes) is 8. The highest BCUT2D eigenvalue weighted by Gasteiger charge is 2.51. The molecule has 2 aliphatic rings. The summed E-state index contributed by atoms with van der Waals surface area (Å²) < 4.78 is 0. The van der Waals surface area contributed by atoms with Crippen LogP contribution in [-0.2, 0) is 16.6 Å². The third-order valence-electron chi connectivity index (χ3n) is 9.36. The Balaban J connectivity index is 1.47. The van der Waals surface area contributed by atoms with E-state index in [4.69, 9.17) is 0 Å². The van der Waals surface area contributed by atoms with Gasteiger partial charge in [0.25, 0.3) is 0 Å². The molecule has 0 aromatic heterocycles. The molecule has 2 aliphatic carbocycles. The fourth-order valence-corrected chi connectivity index (χ4v) is 7.20. The quantitative estimate of drug-likeness (QED) is 0.288. The molecule has 192 valence electrons. The number of benzene rings is 1. The van der Waals surface area contributed by atoms with Crippen LogP contribution < -0.4 is 5.32 Å². The Morgan fingerprint density at radius 3 is 2.35 bits per heavy atom. The summed E-state index contributed by atoms with van der Waals surface area (Å²) in [7, 11) is 0. The van der Waals surface area contributed by atoms with Crippen LogP contribution in [0.4, 0.5) is 0 Å². The van der Waals surface area contributed by atoms with Crippen molar-refractivity contribution in [2.75, 3.05) is 6.54 Å². The van der Waals surface area contributed by atoms with Crippen LogP contribution in [0.15, 0.2) is 18.2 Å². The second-order valence-corrected chi connectivity index (χ2v) is 12.4. The normalized spacial score (nSPS) is 26.2. The zero-order valence-electron chi connectivity index (χ0n) is 23.1. The Bertz CT molecular complexity index is 783. The molecule has 0 bridgehead atoms. The summed E-state index contributed by atoms with van der Waals surface area (Å²) in [4.78, 5) is 12.7. The minimum Gasteiger partial charge on any atom is -0.356 e. The first kappa shape index (κ1) is 27.3. The van der Waals surface area contributed by atoms with E-state index in [0.717, 1.165) is 13.0 Å². The monoisotopic (exact) mass is 467 g/mol. The van der Waals surface area contributed by atoms with E-state index < -0.39 is 0 Å². The van der Waals surface area contributed by atoms with Crippen LogP contribution in [0.1, 0.15) is 147 Å². The maximum atomic E-state index is 12.7. The van der Waals surface area contributed by atoms with Gasteiger partial charge < -0.3 is 5.32 Å². The van der Waals surface area contributed by atoms with Crippen molar-refractivity contribution in [2.45, 2.75) is 142 Å². The predicted molar refractivity (Wildman–Crippen MR) is 147 cm³/mol. The van der Waals surface area contributed by atoms with E-state index in [0.29, 0.717) is 18.3 Å². The third kappa shape index (κ3) is 6.67. The summed E-state index contributed by atoms with van der Waals surface area (Å²) in [5, 5.41) is 3.38. The van der Waals surface area contributed by atoms with Crippen LogP contribution in [0.25, 0.3) is 0 Å². The molecule has 0 heterocycles. The summed E-state index contributed by atoms with van der Waals surface area (Å²) in [6.45, 7) is 12.7. The molecular weight excluding hydrogens is 414 g/mol. The lowest BCUT2D eigenvalue weighted by Crippen LogP contribution is -2.53. The van der Waals surface area contributed by atoms with Crippen molar-refractivity contribution in [3.8, 4) is 0 Å². The molecule has 3 atom stereocenters. The molecule has 1 fully saturated rings. The van der Waals surface area contributed by atoms with Crippen LogP contribution in [-0.4, -0.2) is 12.5 Å². The van der Waals surface area contributed by atoms with Gasteiger partial charge in [-0.15, -0.1) is 0 Å². The van der Waals surface area contributed by atoms with Gasteiger partial charge in [0.15, 0.2) is 0 Å². The minimum absolute atomic E-state index is 0.204. The molecule has 1 N–H and O–H groups in total. The van der Waals surface area contributed by atoms with Crippen molar-refractivity contribution in [3.05, 3.63) is 34.9 Å². The number of rotatable bonds is 13. The second-order valence-electron chi connectivity index (χ2n) is 12.4. The molecule has 1 saturated carbocycles. The lowest BCUT2D eigenvalue weighted by Gasteiger charge is -2.55. The first-order valence-electron chi connectivity index (χ1n) is 14.7. The van der Waals surface area contributed by atoms with E-state index in [-0.39, 0.29) is 16.7 Å². The van der Waals surface area contributed by atoms with Gasteiger partial charge in [-0.25, -0.2) is 0 Å². The van der Waals surface area contributed by atoms with Gasteiger partial charge in [0, 0.05) is 13.0 Å². The highest BCUT2D eigenvalue weighted by Crippen LogP contribution is 2.57. The van der Waals surface area contributed by atoms with Crippen LogP contribution in [0.5, 0.6) is 0 Å². The molecule has 3 rings (SSSR count). The predicted octanol–water partition coefficient (Wildman–Crippen LogP) is 8.86. The number of carbonyl (C=O) groups is 1. The summed E-state index contributed by atoms with van der Waals surface area (Å²) in [6, 6.07) is 7.31. The number of nitrogens with one attached hydrogen (secondary N) is 1. The van der Waals surface area contributed by atoms with Crippen LogP contribution >= 0.6 is 0 Å². The van der Waals surface area contributed by atoms with E-state index in [1.54, 1.807) is 11.1 Å². The van der Waals surface area contributed by atoms with E-state index in [1.807, 2.05) is 0 Å². The highest BCUT2D eigenvalue weighted by atomic mass is 16.1. The van der Waals surface area contributed by atoms with Gasteiger partial charge >= 0.3 is 0 Å². The number of hydrogen-bond donors (Lipinski definition) is 1. The molecular formula is C32H53NO. The fraction of sp³-hybridized carbons (Fsp3) is 0.781. The van der Waals surface area contributed by atoms with Crippen molar-refractivity contribution < 1.29 is 4.79 Å². The second kappa shape index (κ2) is 12.6. The summed E-state index contributed by atoms with van der Waals surface area (Å²) in [5.41, 5.74) is 5.11. The zero-order chi connectivity index (χ0) is 24.6. The SMILES string of the molecule is CCCCCCCCCCCC(=O)NC[C@@]1(C)CCC[C@@]2(C)c3ccc(C(C)C)cc3CC[C@H]12. The Kier molecular flexibility index (Phi) is 10.1. The molecule has 0 spiro atoms. The average Bonchev–Trinajstić information content (AvgIpc) is 2.81. The van der Waals surface area contributed by atoms with Crippen molar-refractivity contribution in [2.24, 2.45) is 11.3 Å². The number of amides is 1. The summed E-state index contributed by atoms with van der Waals surface area (Å²) >= 11 is 0. The zero-order valence-corrected chi connectivity index (χ0v) is 23.1. The van der Waals surface area contributed by atoms with Gasteiger partial charge in [0.2, 0.25) is 5.91 Å². The van der Waals surface area contributed by atoms with E-state index >= 15 is 0 Å². The van der Waals surface area contributed by atoms with Gasteiger partial charge in [-0.1, -0.05) is 111 Å². The number of aryl methyl sites for hydroxylation is 1. The van der Waals surface area contributed by atoms with Crippen LogP contribution in [0.2, 0.25) is 0 Å². The topological polar surface area (TPSA) is 29.1 Å². The summed E-state index contributed by atoms with van der Waals surface area (Å²) in [6.07, 6.45) is 18.7. The maximum absolute atomic E-state index is 12.7. The third-order valence-corrected chi connectivity index (χ3v) is 9.36. The Morgan fingerprint density at radius 2 is 1.68 bits per heavy atom. The van der Waals surface area contributed by atoms with E-state index in [1.165, 1.54) is 89.0 Å². The Hall–Kier alpha value is -1.31. The molecule has 1 aromatic carbocycles. The lowest BCUT2D eigenvalue weighted by atomic mass is 9.49. The lowest BCUT2D eigenvalue weighted by molar-refractivity contribution is -0.122. The minimum atomic E-state index is 0.204. The van der Waals surface area contributed by atoms with Crippen molar-refractivity contribution in [3.63, 3.8) is 0 Å². The first-order valence-corrected chi connectivity index (χ1v) is 14.7. The van der Waals surface area contributed by atoms with Gasteiger partial charge in [-0.2, -0.15) is 0 Å². The number of fused-ring (bicyclic) bond motifs is 3. The molecule has 2 nitrogen and oxygen atoms in total. The fourth-order valence-electron chi connectivity index (χ4n) is 7.20. The molecule has 1 aromatic rings. The van der Waals surface area contributed by atoms with E-state index in [2.05, 4.69) is 58.1 Å². The standard InChI is InChI=1S/C32H53NO/c1-6-7-8-9-10-11-12-13-14-16-30(34)33-24-31(4)21-15-22-32(5)28-19-17-26(25(2)3)23-27(28)18-20-29(31)32/h17,19,23,25,29H,6-16,18,20-22,24H2,1-5H3,(H,33,34)/t29-,31-,32+/m1/s1. The largest absolute Gasteiger partial charge is 0.356 e. The van der Waals surface area contributed by atoms with Gasteiger partial charge in [0.05, 0.1) is 0 Å².